The lowest BCUT2D eigenvalue weighted by atomic mass is 9.90. The summed E-state index contributed by atoms with van der Waals surface area (Å²) in [4.78, 5) is 28.5. The van der Waals surface area contributed by atoms with Gasteiger partial charge in [0.15, 0.2) is 0 Å². The molecule has 1 aromatic rings. The van der Waals surface area contributed by atoms with Crippen LogP contribution in [0.1, 0.15) is 38.5 Å². The van der Waals surface area contributed by atoms with Gasteiger partial charge in [0, 0.05) is 25.2 Å². The Morgan fingerprint density at radius 2 is 2.04 bits per heavy atom. The number of rotatable bonds is 2. The molecule has 2 aliphatic heterocycles. The van der Waals surface area contributed by atoms with E-state index in [9.17, 15) is 9.59 Å². The molecular formula is C19H24ClN3O3. The van der Waals surface area contributed by atoms with Gasteiger partial charge in [-0.2, -0.15) is 0 Å². The lowest BCUT2D eigenvalue weighted by molar-refractivity contribution is -0.117. The van der Waals surface area contributed by atoms with Gasteiger partial charge >= 0.3 is 6.03 Å². The zero-order valence-electron chi connectivity index (χ0n) is 14.7. The van der Waals surface area contributed by atoms with E-state index in [-0.39, 0.29) is 24.1 Å². The van der Waals surface area contributed by atoms with Crippen molar-refractivity contribution in [3.05, 3.63) is 23.2 Å². The number of anilines is 2. The second-order valence-corrected chi connectivity index (χ2v) is 7.60. The molecule has 6 nitrogen and oxygen atoms in total. The number of amides is 3. The van der Waals surface area contributed by atoms with Crippen molar-refractivity contribution in [3.8, 4) is 0 Å². The second-order valence-electron chi connectivity index (χ2n) is 7.20. The topological polar surface area (TPSA) is 61.9 Å². The summed E-state index contributed by atoms with van der Waals surface area (Å²) in [5.74, 6) is 0.114. The molecule has 0 bridgehead atoms. The molecule has 2 atom stereocenters. The van der Waals surface area contributed by atoms with Gasteiger partial charge in [-0.1, -0.05) is 24.4 Å². The first-order chi connectivity index (χ1) is 12.6. The highest BCUT2D eigenvalue weighted by Gasteiger charge is 2.36. The van der Waals surface area contributed by atoms with Gasteiger partial charge in [-0.25, -0.2) is 4.79 Å². The highest BCUT2D eigenvalue weighted by atomic mass is 35.5. The summed E-state index contributed by atoms with van der Waals surface area (Å²) in [6.07, 6.45) is 5.86. The maximum atomic E-state index is 12.9. The third kappa shape index (κ3) is 3.40. The van der Waals surface area contributed by atoms with Crippen molar-refractivity contribution in [3.63, 3.8) is 0 Å². The minimum Gasteiger partial charge on any atom is -0.374 e. The molecule has 26 heavy (non-hydrogen) atoms. The number of halogens is 1. The van der Waals surface area contributed by atoms with E-state index in [1.165, 1.54) is 0 Å². The highest BCUT2D eigenvalue weighted by Crippen LogP contribution is 2.32. The molecule has 4 rings (SSSR count). The van der Waals surface area contributed by atoms with Crippen molar-refractivity contribution in [2.45, 2.75) is 50.7 Å². The molecule has 3 aliphatic rings. The van der Waals surface area contributed by atoms with E-state index >= 15 is 0 Å². The fraction of sp³-hybridized carbons (Fsp3) is 0.579. The number of fused-ring (bicyclic) bond motifs is 1. The number of morpholine rings is 1. The Morgan fingerprint density at radius 1 is 1.19 bits per heavy atom. The first kappa shape index (κ1) is 17.6. The van der Waals surface area contributed by atoms with Crippen LogP contribution >= 0.6 is 11.6 Å². The van der Waals surface area contributed by atoms with Crippen LogP contribution in [0.5, 0.6) is 0 Å². The van der Waals surface area contributed by atoms with Gasteiger partial charge in [-0.15, -0.1) is 0 Å². The fourth-order valence-corrected chi connectivity index (χ4v) is 4.40. The Labute approximate surface area is 158 Å². The van der Waals surface area contributed by atoms with Crippen molar-refractivity contribution in [2.24, 2.45) is 0 Å². The van der Waals surface area contributed by atoms with E-state index in [0.29, 0.717) is 36.8 Å². The van der Waals surface area contributed by atoms with E-state index < -0.39 is 0 Å². The van der Waals surface area contributed by atoms with Gasteiger partial charge in [0.1, 0.15) is 0 Å². The maximum absolute atomic E-state index is 12.9. The van der Waals surface area contributed by atoms with Gasteiger partial charge in [0.25, 0.3) is 0 Å². The van der Waals surface area contributed by atoms with Crippen LogP contribution in [0, 0.1) is 0 Å². The third-order valence-corrected chi connectivity index (χ3v) is 5.90. The van der Waals surface area contributed by atoms with E-state index in [1.807, 2.05) is 11.0 Å². The van der Waals surface area contributed by atoms with Crippen molar-refractivity contribution in [1.29, 1.82) is 0 Å². The van der Waals surface area contributed by atoms with Crippen LogP contribution in [0.25, 0.3) is 0 Å². The molecule has 0 spiro atoms. The molecule has 0 unspecified atom stereocenters. The molecule has 140 valence electrons. The Hall–Kier alpha value is -1.79. The summed E-state index contributed by atoms with van der Waals surface area (Å²) >= 11 is 6.30. The smallest absolute Gasteiger partial charge is 0.322 e. The summed E-state index contributed by atoms with van der Waals surface area (Å²) in [6.45, 7) is 1.88. The summed E-state index contributed by atoms with van der Waals surface area (Å²) < 4.78 is 5.84. The number of benzene rings is 1. The summed E-state index contributed by atoms with van der Waals surface area (Å²) in [5.41, 5.74) is 1.33. The van der Waals surface area contributed by atoms with E-state index in [2.05, 4.69) is 5.32 Å². The average molecular weight is 378 g/mol. The molecule has 0 aromatic heterocycles. The minimum atomic E-state index is -0.142. The normalized spacial score (nSPS) is 26.0. The molecule has 3 amide bonds. The molecule has 1 N–H and O–H groups in total. The Bertz CT molecular complexity index is 709. The lowest BCUT2D eigenvalue weighted by Gasteiger charge is -2.43. The predicted molar refractivity (Wildman–Crippen MR) is 101 cm³/mol. The lowest BCUT2D eigenvalue weighted by Crippen LogP contribution is -2.56. The third-order valence-electron chi connectivity index (χ3n) is 5.57. The number of ether oxygens (including phenoxy) is 1. The van der Waals surface area contributed by atoms with Crippen LogP contribution in [-0.4, -0.2) is 48.7 Å². The van der Waals surface area contributed by atoms with Crippen LogP contribution in [0.4, 0.5) is 16.2 Å². The number of hydrogen-bond acceptors (Lipinski definition) is 3. The predicted octanol–water partition coefficient (Wildman–Crippen LogP) is 3.64. The molecule has 2 saturated heterocycles. The number of nitrogens with one attached hydrogen (secondary N) is 1. The van der Waals surface area contributed by atoms with Crippen molar-refractivity contribution in [2.75, 3.05) is 29.9 Å². The number of hydrogen-bond donors (Lipinski definition) is 1. The molecule has 7 heteroatoms. The summed E-state index contributed by atoms with van der Waals surface area (Å²) in [7, 11) is 0. The van der Waals surface area contributed by atoms with Gasteiger partial charge in [-0.05, 0) is 37.5 Å². The molecule has 1 aromatic carbocycles. The van der Waals surface area contributed by atoms with E-state index in [1.54, 1.807) is 17.0 Å². The maximum Gasteiger partial charge on any atom is 0.322 e. The van der Waals surface area contributed by atoms with Gasteiger partial charge in [0.2, 0.25) is 5.91 Å². The minimum absolute atomic E-state index is 0.114. The summed E-state index contributed by atoms with van der Waals surface area (Å²) in [6, 6.07) is 5.35. The Balaban J connectivity index is 1.51. The van der Waals surface area contributed by atoms with Crippen LogP contribution in [0.2, 0.25) is 5.02 Å². The number of carbonyl (C=O) groups excluding carboxylic acids is 2. The van der Waals surface area contributed by atoms with E-state index in [0.717, 1.165) is 37.8 Å². The standard InChI is InChI=1S/C19H24ClN3O3/c20-14-8-7-13(22-9-3-6-18(22)24)12-15(14)21-19(25)23-10-11-26-17-5-2-1-4-16(17)23/h7-8,12,16-17H,1-6,9-11H2,(H,21,25)/t16-,17-/m1/s1. The zero-order valence-corrected chi connectivity index (χ0v) is 15.5. The first-order valence-electron chi connectivity index (χ1n) is 9.42. The second kappa shape index (κ2) is 7.45. The van der Waals surface area contributed by atoms with Crippen molar-refractivity contribution < 1.29 is 14.3 Å². The zero-order chi connectivity index (χ0) is 18.1. The largest absolute Gasteiger partial charge is 0.374 e. The van der Waals surface area contributed by atoms with Gasteiger partial charge in [0.05, 0.1) is 29.5 Å². The Kier molecular flexibility index (Phi) is 5.05. The quantitative estimate of drug-likeness (QED) is 0.855. The monoisotopic (exact) mass is 377 g/mol. The first-order valence-corrected chi connectivity index (χ1v) is 9.80. The van der Waals surface area contributed by atoms with Crippen LogP contribution in [0.15, 0.2) is 18.2 Å². The van der Waals surface area contributed by atoms with E-state index in [4.69, 9.17) is 16.3 Å². The molecule has 3 fully saturated rings. The summed E-state index contributed by atoms with van der Waals surface area (Å²) in [5, 5.41) is 3.43. The van der Waals surface area contributed by atoms with Gasteiger partial charge < -0.3 is 19.9 Å². The molecule has 2 heterocycles. The molecule has 0 radical (unpaired) electrons. The fourth-order valence-electron chi connectivity index (χ4n) is 4.23. The van der Waals surface area contributed by atoms with Gasteiger partial charge in [-0.3, -0.25) is 4.79 Å². The van der Waals surface area contributed by atoms with Crippen LogP contribution in [-0.2, 0) is 9.53 Å². The van der Waals surface area contributed by atoms with Crippen LogP contribution < -0.4 is 10.2 Å². The number of urea groups is 1. The average Bonchev–Trinajstić information content (AvgIpc) is 3.09. The van der Waals surface area contributed by atoms with Crippen molar-refractivity contribution in [1.82, 2.24) is 4.90 Å². The van der Waals surface area contributed by atoms with Crippen LogP contribution in [0.3, 0.4) is 0 Å². The highest BCUT2D eigenvalue weighted by molar-refractivity contribution is 6.33. The SMILES string of the molecule is O=C1CCCN1c1ccc(Cl)c(NC(=O)N2CCO[C@@H]3CCCC[C@H]32)c1. The Morgan fingerprint density at radius 3 is 2.85 bits per heavy atom. The number of nitrogens with zero attached hydrogens (tertiary/aromatic N) is 2. The number of carbonyl (C=O) groups is 2. The van der Waals surface area contributed by atoms with Crippen molar-refractivity contribution >= 4 is 34.9 Å². The molecule has 1 saturated carbocycles. The molecular weight excluding hydrogens is 354 g/mol. The molecule has 1 aliphatic carbocycles.